The van der Waals surface area contributed by atoms with Crippen molar-refractivity contribution in [2.75, 3.05) is 45.3 Å². The second-order valence-electron chi connectivity index (χ2n) is 6.32. The zero-order valence-corrected chi connectivity index (χ0v) is 13.2. The van der Waals surface area contributed by atoms with Crippen molar-refractivity contribution in [2.45, 2.75) is 24.8 Å². The molecule has 1 amide bonds. The highest BCUT2D eigenvalue weighted by molar-refractivity contribution is 5.92. The first-order valence-corrected chi connectivity index (χ1v) is 7.43. The van der Waals surface area contributed by atoms with E-state index >= 15 is 0 Å². The number of rotatable bonds is 6. The predicted molar refractivity (Wildman–Crippen MR) is 87.3 cm³/mol. The Morgan fingerprint density at radius 3 is 2.57 bits per heavy atom. The minimum atomic E-state index is -0.00340. The van der Waals surface area contributed by atoms with Gasteiger partial charge in [0.05, 0.1) is 6.54 Å². The monoisotopic (exact) mass is 290 g/mol. The SMILES string of the molecule is CN(CC(=O)Nc1cccc(N)c1)CC1(N(C)C)CCC1. The molecule has 5 nitrogen and oxygen atoms in total. The van der Waals surface area contributed by atoms with Gasteiger partial charge < -0.3 is 16.0 Å². The van der Waals surface area contributed by atoms with Crippen LogP contribution in [0.1, 0.15) is 19.3 Å². The molecule has 0 radical (unpaired) electrons. The Kier molecular flexibility index (Phi) is 4.85. The molecule has 1 aromatic carbocycles. The van der Waals surface area contributed by atoms with Gasteiger partial charge in [-0.1, -0.05) is 6.07 Å². The van der Waals surface area contributed by atoms with Crippen LogP contribution in [0.25, 0.3) is 0 Å². The summed E-state index contributed by atoms with van der Waals surface area (Å²) in [5, 5.41) is 2.89. The van der Waals surface area contributed by atoms with Crippen LogP contribution in [0, 0.1) is 0 Å². The molecule has 0 bridgehead atoms. The molecule has 1 fully saturated rings. The van der Waals surface area contributed by atoms with Crippen molar-refractivity contribution in [3.8, 4) is 0 Å². The fraction of sp³-hybridized carbons (Fsp3) is 0.562. The first kappa shape index (κ1) is 15.8. The lowest BCUT2D eigenvalue weighted by molar-refractivity contribution is -0.117. The van der Waals surface area contributed by atoms with Crippen LogP contribution >= 0.6 is 0 Å². The molecule has 1 saturated carbocycles. The van der Waals surface area contributed by atoms with Crippen LogP contribution in [-0.4, -0.2) is 55.5 Å². The average Bonchev–Trinajstić information content (AvgIpc) is 2.33. The maximum atomic E-state index is 12.1. The first-order valence-electron chi connectivity index (χ1n) is 7.43. The summed E-state index contributed by atoms with van der Waals surface area (Å²) in [6.07, 6.45) is 3.70. The van der Waals surface area contributed by atoms with Crippen molar-refractivity contribution < 1.29 is 4.79 Å². The molecule has 5 heteroatoms. The van der Waals surface area contributed by atoms with E-state index in [0.29, 0.717) is 12.2 Å². The number of likely N-dealkylation sites (N-methyl/N-ethyl adjacent to an activating group) is 2. The van der Waals surface area contributed by atoms with Gasteiger partial charge in [0.2, 0.25) is 5.91 Å². The van der Waals surface area contributed by atoms with E-state index in [1.54, 1.807) is 12.1 Å². The number of hydrogen-bond donors (Lipinski definition) is 2. The Morgan fingerprint density at radius 2 is 2.05 bits per heavy atom. The lowest BCUT2D eigenvalue weighted by atomic mass is 9.75. The van der Waals surface area contributed by atoms with E-state index in [9.17, 15) is 4.79 Å². The molecule has 2 rings (SSSR count). The third-order valence-electron chi connectivity index (χ3n) is 4.38. The number of nitrogens with one attached hydrogen (secondary N) is 1. The number of anilines is 2. The van der Waals surface area contributed by atoms with Gasteiger partial charge in [0, 0.05) is 23.5 Å². The van der Waals surface area contributed by atoms with Gasteiger partial charge >= 0.3 is 0 Å². The highest BCUT2D eigenvalue weighted by Gasteiger charge is 2.39. The van der Waals surface area contributed by atoms with Gasteiger partial charge in [-0.25, -0.2) is 0 Å². The largest absolute Gasteiger partial charge is 0.399 e. The molecule has 116 valence electrons. The number of nitrogen functional groups attached to an aromatic ring is 1. The van der Waals surface area contributed by atoms with Crippen LogP contribution in [0.2, 0.25) is 0 Å². The number of nitrogens with zero attached hydrogens (tertiary/aromatic N) is 2. The van der Waals surface area contributed by atoms with E-state index in [2.05, 4.69) is 29.2 Å². The van der Waals surface area contributed by atoms with Crippen LogP contribution in [0.15, 0.2) is 24.3 Å². The van der Waals surface area contributed by atoms with Crippen molar-refractivity contribution >= 4 is 17.3 Å². The van der Waals surface area contributed by atoms with Gasteiger partial charge in [-0.15, -0.1) is 0 Å². The molecule has 0 unspecified atom stereocenters. The summed E-state index contributed by atoms with van der Waals surface area (Å²) in [4.78, 5) is 16.5. The lowest BCUT2D eigenvalue weighted by Gasteiger charge is -2.49. The average molecular weight is 290 g/mol. The van der Waals surface area contributed by atoms with E-state index in [-0.39, 0.29) is 11.4 Å². The smallest absolute Gasteiger partial charge is 0.238 e. The maximum absolute atomic E-state index is 12.1. The Balaban J connectivity index is 1.85. The van der Waals surface area contributed by atoms with Crippen LogP contribution in [0.3, 0.4) is 0 Å². The van der Waals surface area contributed by atoms with Crippen LogP contribution in [0.4, 0.5) is 11.4 Å². The zero-order chi connectivity index (χ0) is 15.5. The van der Waals surface area contributed by atoms with Gasteiger partial charge in [-0.05, 0) is 58.6 Å². The van der Waals surface area contributed by atoms with Crippen molar-refractivity contribution in [2.24, 2.45) is 0 Å². The summed E-state index contributed by atoms with van der Waals surface area (Å²) in [6, 6.07) is 7.26. The third-order valence-corrected chi connectivity index (χ3v) is 4.38. The molecule has 0 aliphatic heterocycles. The van der Waals surface area contributed by atoms with E-state index in [1.807, 2.05) is 19.2 Å². The molecule has 1 aliphatic rings. The molecule has 0 saturated heterocycles. The van der Waals surface area contributed by atoms with E-state index in [1.165, 1.54) is 19.3 Å². The van der Waals surface area contributed by atoms with Crippen molar-refractivity contribution in [3.05, 3.63) is 24.3 Å². The van der Waals surface area contributed by atoms with E-state index in [0.717, 1.165) is 12.2 Å². The van der Waals surface area contributed by atoms with E-state index < -0.39 is 0 Å². The van der Waals surface area contributed by atoms with Gasteiger partial charge in [-0.2, -0.15) is 0 Å². The molecule has 3 N–H and O–H groups in total. The van der Waals surface area contributed by atoms with Gasteiger partial charge in [0.25, 0.3) is 0 Å². The van der Waals surface area contributed by atoms with Crippen molar-refractivity contribution in [1.82, 2.24) is 9.80 Å². The zero-order valence-electron chi connectivity index (χ0n) is 13.2. The summed E-state index contributed by atoms with van der Waals surface area (Å²) < 4.78 is 0. The molecule has 1 aliphatic carbocycles. The highest BCUT2D eigenvalue weighted by Crippen LogP contribution is 2.36. The first-order chi connectivity index (χ1) is 9.91. The summed E-state index contributed by atoms with van der Waals surface area (Å²) in [7, 11) is 6.25. The summed E-state index contributed by atoms with van der Waals surface area (Å²) in [5.74, 6) is -0.00340. The summed E-state index contributed by atoms with van der Waals surface area (Å²) >= 11 is 0. The number of nitrogens with two attached hydrogens (primary N) is 1. The second kappa shape index (κ2) is 6.45. The van der Waals surface area contributed by atoms with Gasteiger partial charge in [0.1, 0.15) is 0 Å². The number of amides is 1. The quantitative estimate of drug-likeness (QED) is 0.782. The molecule has 1 aromatic rings. The van der Waals surface area contributed by atoms with Crippen LogP contribution in [-0.2, 0) is 4.79 Å². The third kappa shape index (κ3) is 3.95. The Hall–Kier alpha value is -1.59. The van der Waals surface area contributed by atoms with Crippen LogP contribution < -0.4 is 11.1 Å². The molecule has 0 atom stereocenters. The molecule has 21 heavy (non-hydrogen) atoms. The normalized spacial score (nSPS) is 16.8. The number of carbonyl (C=O) groups excluding carboxylic acids is 1. The van der Waals surface area contributed by atoms with Gasteiger partial charge in [0.15, 0.2) is 0 Å². The van der Waals surface area contributed by atoms with Crippen LogP contribution in [0.5, 0.6) is 0 Å². The molecular formula is C16H26N4O. The lowest BCUT2D eigenvalue weighted by Crippen LogP contribution is -2.57. The Morgan fingerprint density at radius 1 is 1.33 bits per heavy atom. The second-order valence-corrected chi connectivity index (χ2v) is 6.32. The predicted octanol–water partition coefficient (Wildman–Crippen LogP) is 1.62. The highest BCUT2D eigenvalue weighted by atomic mass is 16.2. The fourth-order valence-corrected chi connectivity index (χ4v) is 2.95. The topological polar surface area (TPSA) is 61.6 Å². The molecule has 0 spiro atoms. The summed E-state index contributed by atoms with van der Waals surface area (Å²) in [5.41, 5.74) is 7.36. The Labute approximate surface area is 127 Å². The maximum Gasteiger partial charge on any atom is 0.238 e. The minimum absolute atomic E-state index is 0.00340. The standard InChI is InChI=1S/C16H26N4O/c1-19(2)16(8-5-9-16)12-20(3)11-15(21)18-14-7-4-6-13(17)10-14/h4,6-7,10H,5,8-9,11-12,17H2,1-3H3,(H,18,21). The Bertz CT molecular complexity index is 497. The van der Waals surface area contributed by atoms with Crippen molar-refractivity contribution in [1.29, 1.82) is 0 Å². The van der Waals surface area contributed by atoms with E-state index in [4.69, 9.17) is 5.73 Å². The van der Waals surface area contributed by atoms with Gasteiger partial charge in [-0.3, -0.25) is 9.69 Å². The number of hydrogen-bond acceptors (Lipinski definition) is 4. The number of carbonyl (C=O) groups is 1. The van der Waals surface area contributed by atoms with Crippen molar-refractivity contribution in [3.63, 3.8) is 0 Å². The molecular weight excluding hydrogens is 264 g/mol. The number of benzene rings is 1. The molecule has 0 aromatic heterocycles. The summed E-state index contributed by atoms with van der Waals surface area (Å²) in [6.45, 7) is 1.31. The minimum Gasteiger partial charge on any atom is -0.399 e. The fourth-order valence-electron chi connectivity index (χ4n) is 2.95. The molecule has 0 heterocycles.